The second-order valence-corrected chi connectivity index (χ2v) is 6.07. The van der Waals surface area contributed by atoms with E-state index in [1.807, 2.05) is 6.07 Å². The van der Waals surface area contributed by atoms with Crippen molar-refractivity contribution in [2.45, 2.75) is 57.0 Å². The van der Waals surface area contributed by atoms with E-state index in [9.17, 15) is 0 Å². The highest BCUT2D eigenvalue weighted by Gasteiger charge is 2.35. The van der Waals surface area contributed by atoms with Gasteiger partial charge in [0.15, 0.2) is 6.29 Å². The second kappa shape index (κ2) is 8.47. The maximum atomic E-state index is 5.74. The van der Waals surface area contributed by atoms with E-state index in [1.165, 1.54) is 18.4 Å². The molecule has 0 spiro atoms. The molecule has 3 nitrogen and oxygen atoms in total. The summed E-state index contributed by atoms with van der Waals surface area (Å²) in [6, 6.07) is 10.4. The van der Waals surface area contributed by atoms with Gasteiger partial charge in [0.2, 0.25) is 0 Å². The van der Waals surface area contributed by atoms with Gasteiger partial charge in [-0.1, -0.05) is 42.5 Å². The molecule has 0 amide bonds. The highest BCUT2D eigenvalue weighted by atomic mass is 16.7. The van der Waals surface area contributed by atoms with E-state index in [4.69, 9.17) is 14.2 Å². The van der Waals surface area contributed by atoms with E-state index in [0.717, 1.165) is 38.9 Å². The van der Waals surface area contributed by atoms with Crippen LogP contribution in [0.3, 0.4) is 0 Å². The van der Waals surface area contributed by atoms with Gasteiger partial charge < -0.3 is 14.2 Å². The van der Waals surface area contributed by atoms with Crippen molar-refractivity contribution >= 4 is 6.08 Å². The van der Waals surface area contributed by atoms with E-state index in [-0.39, 0.29) is 6.29 Å². The molecule has 0 N–H and O–H groups in total. The predicted octanol–water partition coefficient (Wildman–Crippen LogP) is 4.18. The van der Waals surface area contributed by atoms with Gasteiger partial charge in [0.1, 0.15) is 6.10 Å². The summed E-state index contributed by atoms with van der Waals surface area (Å²) in [5.74, 6) is 0. The highest BCUT2D eigenvalue weighted by Crippen LogP contribution is 2.29. The zero-order valence-electron chi connectivity index (χ0n) is 13.2. The lowest BCUT2D eigenvalue weighted by molar-refractivity contribution is -0.162. The quantitative estimate of drug-likeness (QED) is 0.533. The first-order valence-corrected chi connectivity index (χ1v) is 8.54. The van der Waals surface area contributed by atoms with Crippen molar-refractivity contribution in [3.63, 3.8) is 0 Å². The molecule has 3 heteroatoms. The molecule has 0 aliphatic carbocycles. The molecule has 1 unspecified atom stereocenters. The van der Waals surface area contributed by atoms with Crippen LogP contribution in [0.5, 0.6) is 0 Å². The first-order chi connectivity index (χ1) is 10.9. The maximum Gasteiger partial charge on any atom is 0.157 e. The molecule has 22 heavy (non-hydrogen) atoms. The standard InChI is InChI=1S/C19H26O3/c1-2-8-16(9-3-1)12-13-18-17(22-18)10-4-6-14-20-19-11-5-7-15-21-19/h1-3,8-9,12-13,17-19H,4-7,10-11,14-15H2/b13-12+/t17-,18-,19?/m0/s1. The molecule has 1 aromatic rings. The van der Waals surface area contributed by atoms with Gasteiger partial charge in [0.05, 0.1) is 6.10 Å². The Kier molecular flexibility index (Phi) is 6.05. The van der Waals surface area contributed by atoms with Crippen LogP contribution in [0.2, 0.25) is 0 Å². The van der Waals surface area contributed by atoms with Gasteiger partial charge in [-0.25, -0.2) is 0 Å². The minimum absolute atomic E-state index is 0.0486. The van der Waals surface area contributed by atoms with Gasteiger partial charge in [-0.3, -0.25) is 0 Å². The van der Waals surface area contributed by atoms with Gasteiger partial charge >= 0.3 is 0 Å². The second-order valence-electron chi connectivity index (χ2n) is 6.07. The molecule has 3 atom stereocenters. The summed E-state index contributed by atoms with van der Waals surface area (Å²) >= 11 is 0. The summed E-state index contributed by atoms with van der Waals surface area (Å²) in [5.41, 5.74) is 1.23. The zero-order valence-corrected chi connectivity index (χ0v) is 13.2. The third kappa shape index (κ3) is 5.24. The van der Waals surface area contributed by atoms with Crippen molar-refractivity contribution in [1.29, 1.82) is 0 Å². The first-order valence-electron chi connectivity index (χ1n) is 8.54. The van der Waals surface area contributed by atoms with Crippen LogP contribution in [0.15, 0.2) is 36.4 Å². The smallest absolute Gasteiger partial charge is 0.157 e. The average Bonchev–Trinajstić information content (AvgIpc) is 3.33. The number of benzene rings is 1. The lowest BCUT2D eigenvalue weighted by atomic mass is 10.1. The minimum atomic E-state index is 0.0486. The Labute approximate surface area is 133 Å². The summed E-state index contributed by atoms with van der Waals surface area (Å²) in [6.45, 7) is 1.66. The Morgan fingerprint density at radius 3 is 2.86 bits per heavy atom. The summed E-state index contributed by atoms with van der Waals surface area (Å²) in [7, 11) is 0. The minimum Gasteiger partial charge on any atom is -0.365 e. The summed E-state index contributed by atoms with van der Waals surface area (Å²) in [5, 5.41) is 0. The third-order valence-corrected chi connectivity index (χ3v) is 4.22. The molecule has 2 heterocycles. The van der Waals surface area contributed by atoms with E-state index in [1.54, 1.807) is 0 Å². The summed E-state index contributed by atoms with van der Waals surface area (Å²) < 4.78 is 17.0. The lowest BCUT2D eigenvalue weighted by Gasteiger charge is -2.22. The van der Waals surface area contributed by atoms with E-state index in [2.05, 4.69) is 36.4 Å². The fraction of sp³-hybridized carbons (Fsp3) is 0.579. The molecular formula is C19H26O3. The van der Waals surface area contributed by atoms with Crippen molar-refractivity contribution < 1.29 is 14.2 Å². The normalized spacial score (nSPS) is 28.1. The molecule has 2 aliphatic heterocycles. The molecule has 0 radical (unpaired) electrons. The first kappa shape index (κ1) is 15.7. The summed E-state index contributed by atoms with van der Waals surface area (Å²) in [6.07, 6.45) is 11.9. The fourth-order valence-electron chi connectivity index (χ4n) is 2.83. The van der Waals surface area contributed by atoms with Crippen LogP contribution in [0.25, 0.3) is 6.08 Å². The molecule has 2 fully saturated rings. The largest absolute Gasteiger partial charge is 0.365 e. The van der Waals surface area contributed by atoms with Crippen LogP contribution in [-0.2, 0) is 14.2 Å². The molecule has 0 bridgehead atoms. The Bertz CT molecular complexity index is 451. The van der Waals surface area contributed by atoms with E-state index < -0.39 is 0 Å². The van der Waals surface area contributed by atoms with Crippen molar-refractivity contribution in [1.82, 2.24) is 0 Å². The molecule has 2 saturated heterocycles. The lowest BCUT2D eigenvalue weighted by Crippen LogP contribution is -2.22. The Hall–Kier alpha value is -1.16. The Morgan fingerprint density at radius 1 is 1.14 bits per heavy atom. The summed E-state index contributed by atoms with van der Waals surface area (Å²) in [4.78, 5) is 0. The topological polar surface area (TPSA) is 31.0 Å². The highest BCUT2D eigenvalue weighted by molar-refractivity contribution is 5.49. The molecule has 0 saturated carbocycles. The SMILES string of the molecule is C(=C\[C@@H]1O[C@H]1CCCCOC1CCCCO1)/c1ccccc1. The van der Waals surface area contributed by atoms with Crippen LogP contribution >= 0.6 is 0 Å². The molecule has 0 aromatic heterocycles. The zero-order chi connectivity index (χ0) is 15.0. The number of rotatable bonds is 8. The van der Waals surface area contributed by atoms with Gasteiger partial charge in [-0.2, -0.15) is 0 Å². The average molecular weight is 302 g/mol. The number of ether oxygens (including phenoxy) is 3. The molecular weight excluding hydrogens is 276 g/mol. The fourth-order valence-corrected chi connectivity index (χ4v) is 2.83. The molecule has 3 rings (SSSR count). The van der Waals surface area contributed by atoms with Crippen molar-refractivity contribution in [3.05, 3.63) is 42.0 Å². The molecule has 1 aromatic carbocycles. The van der Waals surface area contributed by atoms with Crippen LogP contribution in [0.1, 0.15) is 44.1 Å². The number of hydrogen-bond donors (Lipinski definition) is 0. The van der Waals surface area contributed by atoms with Gasteiger partial charge in [-0.05, 0) is 44.1 Å². The third-order valence-electron chi connectivity index (χ3n) is 4.22. The monoisotopic (exact) mass is 302 g/mol. The van der Waals surface area contributed by atoms with Crippen LogP contribution in [0.4, 0.5) is 0 Å². The van der Waals surface area contributed by atoms with Gasteiger partial charge in [0, 0.05) is 13.2 Å². The number of hydrogen-bond acceptors (Lipinski definition) is 3. The molecule has 120 valence electrons. The Morgan fingerprint density at radius 2 is 2.05 bits per heavy atom. The van der Waals surface area contributed by atoms with E-state index in [0.29, 0.717) is 12.2 Å². The van der Waals surface area contributed by atoms with Crippen LogP contribution in [0, 0.1) is 0 Å². The molecule has 2 aliphatic rings. The number of epoxide rings is 1. The Balaban J connectivity index is 1.23. The van der Waals surface area contributed by atoms with Crippen molar-refractivity contribution in [2.75, 3.05) is 13.2 Å². The van der Waals surface area contributed by atoms with Crippen LogP contribution in [-0.4, -0.2) is 31.7 Å². The predicted molar refractivity (Wildman–Crippen MR) is 87.5 cm³/mol. The number of unbranched alkanes of at least 4 members (excludes halogenated alkanes) is 1. The van der Waals surface area contributed by atoms with Gasteiger partial charge in [0.25, 0.3) is 0 Å². The van der Waals surface area contributed by atoms with Gasteiger partial charge in [-0.15, -0.1) is 0 Å². The van der Waals surface area contributed by atoms with Crippen molar-refractivity contribution in [2.24, 2.45) is 0 Å². The van der Waals surface area contributed by atoms with Crippen LogP contribution < -0.4 is 0 Å². The van der Waals surface area contributed by atoms with Crippen molar-refractivity contribution in [3.8, 4) is 0 Å². The maximum absolute atomic E-state index is 5.74. The van der Waals surface area contributed by atoms with E-state index >= 15 is 0 Å².